The minimum atomic E-state index is 0. The van der Waals surface area contributed by atoms with Crippen LogP contribution in [0.4, 0.5) is 0 Å². The summed E-state index contributed by atoms with van der Waals surface area (Å²) in [5.41, 5.74) is 0. The second-order valence-electron chi connectivity index (χ2n) is 2.01. The number of nitrogens with zero attached hydrogens (tertiary/aromatic N) is 1. The van der Waals surface area contributed by atoms with Crippen molar-refractivity contribution >= 4 is 0 Å². The summed E-state index contributed by atoms with van der Waals surface area (Å²) in [6.45, 7) is 1.75. The summed E-state index contributed by atoms with van der Waals surface area (Å²) in [6, 6.07) is 0. The monoisotopic (exact) mass is 185 g/mol. The fraction of sp³-hybridized carbons (Fsp3) is 1.00. The van der Waals surface area contributed by atoms with Gasteiger partial charge in [-0.2, -0.15) is 0 Å². The van der Waals surface area contributed by atoms with Crippen LogP contribution in [-0.2, 0) is 0 Å². The lowest BCUT2D eigenvalue weighted by atomic mass is 10.4. The van der Waals surface area contributed by atoms with E-state index in [4.69, 9.17) is 15.3 Å². The highest BCUT2D eigenvalue weighted by atomic mass is 16.3. The lowest BCUT2D eigenvalue weighted by Crippen LogP contribution is -2.32. The zero-order valence-corrected chi connectivity index (χ0v) is 7.03. The van der Waals surface area contributed by atoms with Crippen molar-refractivity contribution in [2.45, 2.75) is 0 Å². The van der Waals surface area contributed by atoms with Gasteiger partial charge in [-0.1, -0.05) is 0 Å². The van der Waals surface area contributed by atoms with E-state index in [-0.39, 0.29) is 30.8 Å². The Balaban J connectivity index is -0.000000405. The molecule has 78 valence electrons. The Morgan fingerprint density at radius 3 is 1.08 bits per heavy atom. The fourth-order valence-electron chi connectivity index (χ4n) is 0.760. The highest BCUT2D eigenvalue weighted by molar-refractivity contribution is 4.54. The number of hydrogen-bond acceptors (Lipinski definition) is 4. The molecule has 0 bridgehead atoms. The van der Waals surface area contributed by atoms with Crippen LogP contribution < -0.4 is 0 Å². The van der Waals surface area contributed by atoms with Gasteiger partial charge in [-0.05, 0) is 0 Å². The van der Waals surface area contributed by atoms with E-state index in [0.29, 0.717) is 19.6 Å². The molecule has 12 heavy (non-hydrogen) atoms. The zero-order chi connectivity index (χ0) is 7.82. The van der Waals surface area contributed by atoms with Crippen LogP contribution in [-0.4, -0.2) is 70.6 Å². The average molecular weight is 185 g/mol. The molecule has 0 atom stereocenters. The van der Waals surface area contributed by atoms with E-state index < -0.39 is 0 Å². The summed E-state index contributed by atoms with van der Waals surface area (Å²) in [6.07, 6.45) is 0. The van der Waals surface area contributed by atoms with E-state index in [0.717, 1.165) is 0 Å². The van der Waals surface area contributed by atoms with E-state index >= 15 is 0 Å². The minimum absolute atomic E-state index is 0. The van der Waals surface area contributed by atoms with Crippen molar-refractivity contribution in [1.29, 1.82) is 0 Å². The van der Waals surface area contributed by atoms with Gasteiger partial charge in [-0.25, -0.2) is 0 Å². The molecule has 0 heterocycles. The number of aliphatic hydroxyl groups excluding tert-OH is 3. The van der Waals surface area contributed by atoms with Crippen LogP contribution in [0.3, 0.4) is 0 Å². The molecular weight excluding hydrogens is 166 g/mol. The fourth-order valence-corrected chi connectivity index (χ4v) is 0.760. The summed E-state index contributed by atoms with van der Waals surface area (Å²) in [7, 11) is 0. The molecule has 6 nitrogen and oxygen atoms in total. The molecule has 6 heteroatoms. The predicted molar refractivity (Wildman–Crippen MR) is 44.9 cm³/mol. The Labute approximate surface area is 71.7 Å². The van der Waals surface area contributed by atoms with E-state index in [1.54, 1.807) is 4.90 Å². The van der Waals surface area contributed by atoms with Crippen LogP contribution in [0, 0.1) is 0 Å². The van der Waals surface area contributed by atoms with Gasteiger partial charge in [-0.15, -0.1) is 0 Å². The largest absolute Gasteiger partial charge is 0.412 e. The molecule has 0 aliphatic carbocycles. The van der Waals surface area contributed by atoms with Gasteiger partial charge in [0.15, 0.2) is 0 Å². The Morgan fingerprint density at radius 2 is 0.917 bits per heavy atom. The Bertz CT molecular complexity index is 58.7. The maximum absolute atomic E-state index is 8.48. The molecule has 0 aliphatic rings. The highest BCUT2D eigenvalue weighted by Crippen LogP contribution is 1.84. The number of aliphatic hydroxyl groups is 3. The van der Waals surface area contributed by atoms with Gasteiger partial charge in [0, 0.05) is 19.6 Å². The van der Waals surface area contributed by atoms with E-state index in [2.05, 4.69) is 0 Å². The van der Waals surface area contributed by atoms with Crippen molar-refractivity contribution in [1.82, 2.24) is 4.90 Å². The van der Waals surface area contributed by atoms with Gasteiger partial charge < -0.3 is 26.3 Å². The van der Waals surface area contributed by atoms with Crippen LogP contribution >= 0.6 is 0 Å². The number of rotatable bonds is 6. The van der Waals surface area contributed by atoms with Crippen LogP contribution in [0.1, 0.15) is 0 Å². The maximum Gasteiger partial charge on any atom is 0.0558 e. The Kier molecular flexibility index (Phi) is 19.7. The van der Waals surface area contributed by atoms with Gasteiger partial charge in [0.2, 0.25) is 0 Å². The van der Waals surface area contributed by atoms with Gasteiger partial charge >= 0.3 is 0 Å². The van der Waals surface area contributed by atoms with Crippen LogP contribution in [0.5, 0.6) is 0 Å². The van der Waals surface area contributed by atoms with Crippen molar-refractivity contribution in [2.24, 2.45) is 0 Å². The predicted octanol–water partition coefficient (Wildman–Crippen LogP) is -3.38. The van der Waals surface area contributed by atoms with Crippen LogP contribution in [0.25, 0.3) is 0 Å². The summed E-state index contributed by atoms with van der Waals surface area (Å²) in [5, 5.41) is 25.5. The number of hydrogen-bond donors (Lipinski definition) is 3. The molecule has 0 rings (SSSR count). The summed E-state index contributed by atoms with van der Waals surface area (Å²) in [5.74, 6) is 0. The second-order valence-corrected chi connectivity index (χ2v) is 2.01. The van der Waals surface area contributed by atoms with Crippen LogP contribution in [0.2, 0.25) is 0 Å². The molecule has 0 spiro atoms. The maximum atomic E-state index is 8.48. The van der Waals surface area contributed by atoms with Gasteiger partial charge in [-0.3, -0.25) is 4.90 Å². The van der Waals surface area contributed by atoms with Crippen molar-refractivity contribution < 1.29 is 26.3 Å². The first-order valence-electron chi connectivity index (χ1n) is 3.40. The molecular formula is C6H19NO5. The molecule has 0 aromatic rings. The molecule has 0 unspecified atom stereocenters. The smallest absolute Gasteiger partial charge is 0.0558 e. The molecule has 7 N–H and O–H groups in total. The zero-order valence-electron chi connectivity index (χ0n) is 7.03. The first-order valence-corrected chi connectivity index (χ1v) is 3.40. The SMILES string of the molecule is O.O.OCCN(CCO)CCO. The standard InChI is InChI=1S/C6H15NO3.2H2O/c8-4-1-7(2-5-9)3-6-10;;/h8-10H,1-6H2;2*1H2. The third-order valence-corrected chi connectivity index (χ3v) is 1.25. The molecule has 0 aliphatic heterocycles. The first kappa shape index (κ1) is 17.7. The van der Waals surface area contributed by atoms with Crippen molar-refractivity contribution in [3.8, 4) is 0 Å². The lowest BCUT2D eigenvalue weighted by Gasteiger charge is -2.17. The molecule has 0 amide bonds. The lowest BCUT2D eigenvalue weighted by molar-refractivity contribution is 0.136. The van der Waals surface area contributed by atoms with Crippen LogP contribution in [0.15, 0.2) is 0 Å². The molecule has 0 saturated carbocycles. The summed E-state index contributed by atoms with van der Waals surface area (Å²) < 4.78 is 0. The van der Waals surface area contributed by atoms with E-state index in [1.165, 1.54) is 0 Å². The highest BCUT2D eigenvalue weighted by Gasteiger charge is 2.00. The van der Waals surface area contributed by atoms with Gasteiger partial charge in [0.05, 0.1) is 19.8 Å². The molecule has 0 aromatic carbocycles. The summed E-state index contributed by atoms with van der Waals surface area (Å²) in [4.78, 5) is 1.79. The normalized spacial score (nSPS) is 9.00. The molecule has 0 saturated heterocycles. The quantitative estimate of drug-likeness (QED) is 0.399. The van der Waals surface area contributed by atoms with E-state index in [9.17, 15) is 0 Å². The van der Waals surface area contributed by atoms with Gasteiger partial charge in [0.1, 0.15) is 0 Å². The van der Waals surface area contributed by atoms with E-state index in [1.807, 2.05) is 0 Å². The third-order valence-electron chi connectivity index (χ3n) is 1.25. The first-order chi connectivity index (χ1) is 4.85. The molecule has 0 radical (unpaired) electrons. The van der Waals surface area contributed by atoms with Crippen molar-refractivity contribution in [3.05, 3.63) is 0 Å². The van der Waals surface area contributed by atoms with Gasteiger partial charge in [0.25, 0.3) is 0 Å². The second kappa shape index (κ2) is 13.4. The topological polar surface area (TPSA) is 127 Å². The Morgan fingerprint density at radius 1 is 0.667 bits per heavy atom. The summed E-state index contributed by atoms with van der Waals surface area (Å²) >= 11 is 0. The van der Waals surface area contributed by atoms with Crippen molar-refractivity contribution in [3.63, 3.8) is 0 Å². The third kappa shape index (κ3) is 9.76. The minimum Gasteiger partial charge on any atom is -0.412 e. The molecule has 0 aromatic heterocycles. The van der Waals surface area contributed by atoms with Crippen molar-refractivity contribution in [2.75, 3.05) is 39.5 Å². The molecule has 0 fully saturated rings. The average Bonchev–Trinajstić information content (AvgIpc) is 1.90. The Hall–Kier alpha value is -0.240.